The predicted octanol–water partition coefficient (Wildman–Crippen LogP) is 3.76. The van der Waals surface area contributed by atoms with Crippen molar-refractivity contribution >= 4 is 10.8 Å². The van der Waals surface area contributed by atoms with Crippen molar-refractivity contribution in [2.75, 3.05) is 26.2 Å². The van der Waals surface area contributed by atoms with Crippen molar-refractivity contribution in [3.05, 3.63) is 77.9 Å². The molecule has 0 amide bonds. The fourth-order valence-corrected chi connectivity index (χ4v) is 3.69. The molecule has 2 aromatic carbocycles. The average molecular weight is 335 g/mol. The van der Waals surface area contributed by atoms with Crippen LogP contribution in [0.5, 0.6) is 0 Å². The Morgan fingerprint density at radius 1 is 0.960 bits per heavy atom. The molecule has 0 saturated carbocycles. The maximum Gasteiger partial charge on any atom is 0.123 e. The number of hydrogen-bond acceptors (Lipinski definition) is 3. The second-order valence-electron chi connectivity index (χ2n) is 6.58. The zero-order chi connectivity index (χ0) is 17.1. The minimum atomic E-state index is -0.180. The van der Waals surface area contributed by atoms with Crippen LogP contribution in [0.4, 0.5) is 4.39 Å². The van der Waals surface area contributed by atoms with E-state index >= 15 is 0 Å². The lowest BCUT2D eigenvalue weighted by atomic mass is 9.95. The molecule has 25 heavy (non-hydrogen) atoms. The van der Waals surface area contributed by atoms with Crippen molar-refractivity contribution in [1.29, 1.82) is 0 Å². The first-order valence-corrected chi connectivity index (χ1v) is 8.85. The maximum absolute atomic E-state index is 13.9. The summed E-state index contributed by atoms with van der Waals surface area (Å²) < 4.78 is 13.9. The van der Waals surface area contributed by atoms with Crippen molar-refractivity contribution in [2.45, 2.75) is 12.5 Å². The molecule has 1 atom stereocenters. The molecule has 1 aliphatic heterocycles. The minimum Gasteiger partial charge on any atom is -0.315 e. The van der Waals surface area contributed by atoms with Crippen molar-refractivity contribution in [3.8, 4) is 0 Å². The first kappa shape index (κ1) is 16.2. The van der Waals surface area contributed by atoms with Crippen LogP contribution in [0.25, 0.3) is 10.8 Å². The van der Waals surface area contributed by atoms with E-state index in [4.69, 9.17) is 0 Å². The van der Waals surface area contributed by atoms with Gasteiger partial charge in [0.1, 0.15) is 5.82 Å². The van der Waals surface area contributed by atoms with Crippen LogP contribution in [0.3, 0.4) is 0 Å². The van der Waals surface area contributed by atoms with Crippen molar-refractivity contribution < 1.29 is 4.39 Å². The van der Waals surface area contributed by atoms with E-state index in [2.05, 4.69) is 33.4 Å². The van der Waals surface area contributed by atoms with Crippen LogP contribution >= 0.6 is 0 Å². The molecule has 0 spiro atoms. The van der Waals surface area contributed by atoms with Gasteiger partial charge in [-0.05, 0) is 53.7 Å². The van der Waals surface area contributed by atoms with Crippen LogP contribution in [0.15, 0.2) is 60.9 Å². The summed E-state index contributed by atoms with van der Waals surface area (Å²) in [6.45, 7) is 3.96. The molecule has 0 bridgehead atoms. The quantitative estimate of drug-likeness (QED) is 0.790. The van der Waals surface area contributed by atoms with Gasteiger partial charge in [-0.3, -0.25) is 9.88 Å². The van der Waals surface area contributed by atoms with Gasteiger partial charge in [0, 0.05) is 37.4 Å². The van der Waals surface area contributed by atoms with E-state index in [9.17, 15) is 4.39 Å². The van der Waals surface area contributed by atoms with Gasteiger partial charge in [0.05, 0.1) is 6.04 Å². The van der Waals surface area contributed by atoms with E-state index in [1.165, 1.54) is 17.0 Å². The molecule has 1 saturated heterocycles. The van der Waals surface area contributed by atoms with Gasteiger partial charge in [0.15, 0.2) is 0 Å². The molecule has 1 unspecified atom stereocenters. The standard InChI is InChI=1S/C21H22FN3/c22-20-4-1-3-17(14-20)21(25-11-2-8-23-10-12-25)18-5-6-19-15-24-9-7-16(19)13-18/h1,3-7,9,13-15,21,23H,2,8,10-12H2. The van der Waals surface area contributed by atoms with Crippen LogP contribution in [0.1, 0.15) is 23.6 Å². The number of halogens is 1. The summed E-state index contributed by atoms with van der Waals surface area (Å²) in [5.41, 5.74) is 2.21. The fraction of sp³-hybridized carbons (Fsp3) is 0.286. The first-order chi connectivity index (χ1) is 12.3. The van der Waals surface area contributed by atoms with Crippen molar-refractivity contribution in [2.24, 2.45) is 0 Å². The van der Waals surface area contributed by atoms with E-state index < -0.39 is 0 Å². The summed E-state index contributed by atoms with van der Waals surface area (Å²) in [5, 5.41) is 5.75. The molecule has 1 N–H and O–H groups in total. The molecule has 4 rings (SSSR count). The second-order valence-corrected chi connectivity index (χ2v) is 6.58. The monoisotopic (exact) mass is 335 g/mol. The van der Waals surface area contributed by atoms with E-state index in [0.717, 1.165) is 43.5 Å². The summed E-state index contributed by atoms with van der Waals surface area (Å²) in [5.74, 6) is -0.180. The molecule has 2 heterocycles. The van der Waals surface area contributed by atoms with Gasteiger partial charge in [-0.2, -0.15) is 0 Å². The Labute approximate surface area is 147 Å². The maximum atomic E-state index is 13.9. The van der Waals surface area contributed by atoms with E-state index in [0.29, 0.717) is 0 Å². The molecule has 128 valence electrons. The highest BCUT2D eigenvalue weighted by atomic mass is 19.1. The Morgan fingerprint density at radius 2 is 1.88 bits per heavy atom. The minimum absolute atomic E-state index is 0.0631. The van der Waals surface area contributed by atoms with Gasteiger partial charge in [-0.1, -0.05) is 24.3 Å². The third kappa shape index (κ3) is 3.55. The molecule has 0 radical (unpaired) electrons. The van der Waals surface area contributed by atoms with Gasteiger partial charge in [-0.25, -0.2) is 4.39 Å². The van der Waals surface area contributed by atoms with Gasteiger partial charge < -0.3 is 5.32 Å². The first-order valence-electron chi connectivity index (χ1n) is 8.85. The predicted molar refractivity (Wildman–Crippen MR) is 99.0 cm³/mol. The van der Waals surface area contributed by atoms with Gasteiger partial charge in [0.25, 0.3) is 0 Å². The number of pyridine rings is 1. The SMILES string of the molecule is Fc1cccc(C(c2ccc3cnccc3c2)N2CCCNCC2)c1. The zero-order valence-corrected chi connectivity index (χ0v) is 14.2. The lowest BCUT2D eigenvalue weighted by Gasteiger charge is -2.31. The molecule has 1 fully saturated rings. The van der Waals surface area contributed by atoms with Crippen molar-refractivity contribution in [1.82, 2.24) is 15.2 Å². The van der Waals surface area contributed by atoms with Crippen LogP contribution in [-0.4, -0.2) is 36.1 Å². The lowest BCUT2D eigenvalue weighted by Crippen LogP contribution is -2.33. The highest BCUT2D eigenvalue weighted by Crippen LogP contribution is 2.31. The van der Waals surface area contributed by atoms with Crippen molar-refractivity contribution in [3.63, 3.8) is 0 Å². The largest absolute Gasteiger partial charge is 0.315 e. The van der Waals surface area contributed by atoms with Crippen LogP contribution in [0.2, 0.25) is 0 Å². The Bertz CT molecular complexity index is 856. The summed E-state index contributed by atoms with van der Waals surface area (Å²) in [6.07, 6.45) is 4.80. The second kappa shape index (κ2) is 7.30. The number of hydrogen-bond donors (Lipinski definition) is 1. The van der Waals surface area contributed by atoms with E-state index in [1.54, 1.807) is 12.1 Å². The third-order valence-corrected chi connectivity index (χ3v) is 4.88. The molecule has 4 heteroatoms. The Hall–Kier alpha value is -2.30. The average Bonchev–Trinajstić information content (AvgIpc) is 2.91. The molecule has 0 aliphatic carbocycles. The number of nitrogens with zero attached hydrogens (tertiary/aromatic N) is 2. The summed E-state index contributed by atoms with van der Waals surface area (Å²) >= 11 is 0. The summed E-state index contributed by atoms with van der Waals surface area (Å²) in [4.78, 5) is 6.65. The highest BCUT2D eigenvalue weighted by molar-refractivity contribution is 5.82. The molecular formula is C21H22FN3. The van der Waals surface area contributed by atoms with Gasteiger partial charge in [0.2, 0.25) is 0 Å². The molecule has 3 nitrogen and oxygen atoms in total. The highest BCUT2D eigenvalue weighted by Gasteiger charge is 2.23. The number of rotatable bonds is 3. The Balaban J connectivity index is 1.80. The van der Waals surface area contributed by atoms with Crippen LogP contribution in [-0.2, 0) is 0 Å². The fourth-order valence-electron chi connectivity index (χ4n) is 3.69. The smallest absolute Gasteiger partial charge is 0.123 e. The number of nitrogens with one attached hydrogen (secondary N) is 1. The summed E-state index contributed by atoms with van der Waals surface area (Å²) in [6, 6.07) is 15.6. The zero-order valence-electron chi connectivity index (χ0n) is 14.2. The lowest BCUT2D eigenvalue weighted by molar-refractivity contribution is 0.241. The van der Waals surface area contributed by atoms with Gasteiger partial charge >= 0.3 is 0 Å². The molecule has 1 aromatic heterocycles. The normalized spacial score (nSPS) is 17.3. The van der Waals surface area contributed by atoms with Gasteiger partial charge in [-0.15, -0.1) is 0 Å². The number of fused-ring (bicyclic) bond motifs is 1. The Kier molecular flexibility index (Phi) is 4.72. The molecule has 3 aromatic rings. The van der Waals surface area contributed by atoms with Crippen LogP contribution in [0, 0.1) is 5.82 Å². The van der Waals surface area contributed by atoms with Crippen LogP contribution < -0.4 is 5.32 Å². The summed E-state index contributed by atoms with van der Waals surface area (Å²) in [7, 11) is 0. The number of benzene rings is 2. The molecular weight excluding hydrogens is 313 g/mol. The Morgan fingerprint density at radius 3 is 2.80 bits per heavy atom. The van der Waals surface area contributed by atoms with E-state index in [1.807, 2.05) is 24.5 Å². The number of aromatic nitrogens is 1. The third-order valence-electron chi connectivity index (χ3n) is 4.88. The van der Waals surface area contributed by atoms with E-state index in [-0.39, 0.29) is 11.9 Å². The topological polar surface area (TPSA) is 28.2 Å². The molecule has 1 aliphatic rings.